The number of hydrogen-bond acceptors (Lipinski definition) is 5. The van der Waals surface area contributed by atoms with Crippen LogP contribution in [0.15, 0.2) is 34.8 Å². The Hall–Kier alpha value is -2.54. The molecule has 0 saturated carbocycles. The van der Waals surface area contributed by atoms with Gasteiger partial charge in [-0.05, 0) is 41.9 Å². The number of aryl methyl sites for hydroxylation is 2. The minimum Gasteiger partial charge on any atom is -0.486 e. The normalized spacial score (nSPS) is 12.4. The molecule has 1 N–H and O–H groups in total. The van der Waals surface area contributed by atoms with Crippen molar-refractivity contribution < 1.29 is 23.8 Å². The second-order valence-corrected chi connectivity index (χ2v) is 6.83. The highest BCUT2D eigenvalue weighted by molar-refractivity contribution is 9.10. The Balaban J connectivity index is 1.61. The van der Waals surface area contributed by atoms with Crippen molar-refractivity contribution in [1.82, 2.24) is 0 Å². The Morgan fingerprint density at radius 2 is 1.65 bits per heavy atom. The topological polar surface area (TPSA) is 73.9 Å². The molecule has 0 atom stereocenters. The number of hydrogen-bond donors (Lipinski definition) is 1. The molecule has 0 fully saturated rings. The van der Waals surface area contributed by atoms with Gasteiger partial charge in [0.05, 0.1) is 11.3 Å². The predicted octanol–water partition coefficient (Wildman–Crippen LogP) is 3.63. The molecule has 1 amide bonds. The monoisotopic (exact) mass is 419 g/mol. The fourth-order valence-electron chi connectivity index (χ4n) is 2.65. The lowest BCUT2D eigenvalue weighted by molar-refractivity contribution is -0.119. The number of benzene rings is 2. The molecule has 0 radical (unpaired) electrons. The summed E-state index contributed by atoms with van der Waals surface area (Å²) in [6.07, 6.45) is 0. The number of nitrogens with one attached hydrogen (secondary N) is 1. The number of fused-ring (bicyclic) bond motifs is 1. The molecule has 0 aromatic heterocycles. The molecule has 0 saturated heterocycles. The maximum absolute atomic E-state index is 12.1. The first-order valence-corrected chi connectivity index (χ1v) is 8.86. The van der Waals surface area contributed by atoms with Gasteiger partial charge in [0.25, 0.3) is 5.91 Å². The Labute approximate surface area is 159 Å². The molecule has 26 heavy (non-hydrogen) atoms. The summed E-state index contributed by atoms with van der Waals surface area (Å²) in [4.78, 5) is 24.2. The van der Waals surface area contributed by atoms with Gasteiger partial charge in [-0.3, -0.25) is 4.79 Å². The summed E-state index contributed by atoms with van der Waals surface area (Å²) >= 11 is 3.38. The van der Waals surface area contributed by atoms with Crippen molar-refractivity contribution in [3.8, 4) is 11.5 Å². The second kappa shape index (κ2) is 7.78. The van der Waals surface area contributed by atoms with E-state index < -0.39 is 11.9 Å². The Morgan fingerprint density at radius 1 is 1.04 bits per heavy atom. The molecular weight excluding hydrogens is 402 g/mol. The van der Waals surface area contributed by atoms with Crippen molar-refractivity contribution in [2.24, 2.45) is 0 Å². The third-order valence-electron chi connectivity index (χ3n) is 3.70. The molecule has 7 heteroatoms. The Kier molecular flexibility index (Phi) is 5.46. The molecule has 0 bridgehead atoms. The van der Waals surface area contributed by atoms with E-state index in [1.165, 1.54) is 0 Å². The van der Waals surface area contributed by atoms with Crippen molar-refractivity contribution in [3.63, 3.8) is 0 Å². The van der Waals surface area contributed by atoms with Crippen LogP contribution in [0, 0.1) is 13.8 Å². The first-order valence-electron chi connectivity index (χ1n) is 8.07. The summed E-state index contributed by atoms with van der Waals surface area (Å²) in [5.74, 6) is 0.192. The summed E-state index contributed by atoms with van der Waals surface area (Å²) < 4.78 is 16.7. The van der Waals surface area contributed by atoms with E-state index in [0.717, 1.165) is 11.1 Å². The fraction of sp³-hybridized carbons (Fsp3) is 0.263. The molecule has 1 aliphatic heterocycles. The van der Waals surface area contributed by atoms with Gasteiger partial charge < -0.3 is 19.5 Å². The lowest BCUT2D eigenvalue weighted by Gasteiger charge is -2.20. The fourth-order valence-corrected chi connectivity index (χ4v) is 3.07. The van der Waals surface area contributed by atoms with E-state index in [1.807, 2.05) is 19.9 Å². The van der Waals surface area contributed by atoms with Gasteiger partial charge in [-0.15, -0.1) is 0 Å². The standard InChI is InChI=1S/C19H18BrNO5/c1-11-5-12(2)7-13(6-11)19(23)26-10-18(22)21-15-9-17-16(8-14(15)20)24-3-4-25-17/h5-9H,3-4,10H2,1-2H3,(H,21,22). The van der Waals surface area contributed by atoms with Crippen LogP contribution in [0.3, 0.4) is 0 Å². The minimum atomic E-state index is -0.534. The molecule has 0 spiro atoms. The number of rotatable bonds is 4. The largest absolute Gasteiger partial charge is 0.486 e. The summed E-state index contributed by atoms with van der Waals surface area (Å²) in [6, 6.07) is 8.81. The van der Waals surface area contributed by atoms with E-state index in [0.29, 0.717) is 40.4 Å². The Morgan fingerprint density at radius 3 is 2.31 bits per heavy atom. The van der Waals surface area contributed by atoms with Crippen LogP contribution in [-0.4, -0.2) is 31.7 Å². The number of ether oxygens (including phenoxy) is 3. The number of carbonyl (C=O) groups is 2. The van der Waals surface area contributed by atoms with Gasteiger partial charge in [-0.1, -0.05) is 17.2 Å². The van der Waals surface area contributed by atoms with E-state index in [1.54, 1.807) is 24.3 Å². The van der Waals surface area contributed by atoms with E-state index >= 15 is 0 Å². The molecule has 0 unspecified atom stereocenters. The number of carbonyl (C=O) groups excluding carboxylic acids is 2. The molecular formula is C19H18BrNO5. The molecule has 1 heterocycles. The number of anilines is 1. The average Bonchev–Trinajstić information content (AvgIpc) is 2.59. The van der Waals surface area contributed by atoms with Gasteiger partial charge >= 0.3 is 5.97 Å². The van der Waals surface area contributed by atoms with Gasteiger partial charge in [0.1, 0.15) is 13.2 Å². The number of halogens is 1. The first-order chi connectivity index (χ1) is 12.4. The SMILES string of the molecule is Cc1cc(C)cc(C(=O)OCC(=O)Nc2cc3c(cc2Br)OCCO3)c1. The Bertz CT molecular complexity index is 845. The molecule has 6 nitrogen and oxygen atoms in total. The smallest absolute Gasteiger partial charge is 0.338 e. The highest BCUT2D eigenvalue weighted by Gasteiger charge is 2.17. The third-order valence-corrected chi connectivity index (χ3v) is 4.35. The van der Waals surface area contributed by atoms with Crippen LogP contribution in [0.4, 0.5) is 5.69 Å². The lowest BCUT2D eigenvalue weighted by atomic mass is 10.1. The van der Waals surface area contributed by atoms with Gasteiger partial charge in [0.15, 0.2) is 18.1 Å². The lowest BCUT2D eigenvalue weighted by Crippen LogP contribution is -2.21. The highest BCUT2D eigenvalue weighted by Crippen LogP contribution is 2.38. The van der Waals surface area contributed by atoms with E-state index in [9.17, 15) is 9.59 Å². The minimum absolute atomic E-state index is 0.382. The number of amides is 1. The van der Waals surface area contributed by atoms with Crippen LogP contribution in [-0.2, 0) is 9.53 Å². The highest BCUT2D eigenvalue weighted by atomic mass is 79.9. The van der Waals surface area contributed by atoms with Crippen molar-refractivity contribution in [1.29, 1.82) is 0 Å². The average molecular weight is 420 g/mol. The van der Waals surface area contributed by atoms with Crippen LogP contribution in [0.25, 0.3) is 0 Å². The quantitative estimate of drug-likeness (QED) is 0.765. The molecule has 136 valence electrons. The summed E-state index contributed by atoms with van der Waals surface area (Å²) in [5, 5.41) is 2.69. The predicted molar refractivity (Wildman–Crippen MR) is 100.0 cm³/mol. The summed E-state index contributed by atoms with van der Waals surface area (Å²) in [7, 11) is 0. The third kappa shape index (κ3) is 4.35. The summed E-state index contributed by atoms with van der Waals surface area (Å²) in [5.41, 5.74) is 2.86. The zero-order chi connectivity index (χ0) is 18.7. The van der Waals surface area contributed by atoms with Crippen LogP contribution in [0.5, 0.6) is 11.5 Å². The first kappa shape index (κ1) is 18.3. The van der Waals surface area contributed by atoms with Crippen molar-refractivity contribution >= 4 is 33.5 Å². The van der Waals surface area contributed by atoms with Crippen LogP contribution >= 0.6 is 15.9 Å². The maximum Gasteiger partial charge on any atom is 0.338 e. The molecule has 1 aliphatic rings. The van der Waals surface area contributed by atoms with Crippen LogP contribution < -0.4 is 14.8 Å². The van der Waals surface area contributed by atoms with E-state index in [4.69, 9.17) is 14.2 Å². The summed E-state index contributed by atoms with van der Waals surface area (Å²) in [6.45, 7) is 4.35. The van der Waals surface area contributed by atoms with E-state index in [2.05, 4.69) is 21.2 Å². The maximum atomic E-state index is 12.1. The van der Waals surface area contributed by atoms with Gasteiger partial charge in [-0.2, -0.15) is 0 Å². The van der Waals surface area contributed by atoms with Gasteiger partial charge in [-0.25, -0.2) is 4.79 Å². The zero-order valence-corrected chi connectivity index (χ0v) is 16.0. The molecule has 2 aromatic carbocycles. The molecule has 3 rings (SSSR count). The van der Waals surface area contributed by atoms with Crippen molar-refractivity contribution in [2.45, 2.75) is 13.8 Å². The zero-order valence-electron chi connectivity index (χ0n) is 14.4. The molecule has 2 aromatic rings. The van der Waals surface area contributed by atoms with Gasteiger partial charge in [0.2, 0.25) is 0 Å². The van der Waals surface area contributed by atoms with E-state index in [-0.39, 0.29) is 6.61 Å². The second-order valence-electron chi connectivity index (χ2n) is 5.98. The molecule has 0 aliphatic carbocycles. The van der Waals surface area contributed by atoms with Crippen LogP contribution in [0.1, 0.15) is 21.5 Å². The van der Waals surface area contributed by atoms with Crippen molar-refractivity contribution in [3.05, 3.63) is 51.5 Å². The van der Waals surface area contributed by atoms with Crippen LogP contribution in [0.2, 0.25) is 0 Å². The van der Waals surface area contributed by atoms with Gasteiger partial charge in [0, 0.05) is 16.6 Å². The number of esters is 1. The van der Waals surface area contributed by atoms with Crippen molar-refractivity contribution in [2.75, 3.05) is 25.1 Å².